The summed E-state index contributed by atoms with van der Waals surface area (Å²) < 4.78 is 1.94. The van der Waals surface area contributed by atoms with Crippen molar-refractivity contribution < 1.29 is 9.59 Å². The lowest BCUT2D eigenvalue weighted by molar-refractivity contribution is -0.130. The first-order valence-corrected chi connectivity index (χ1v) is 10.4. The molecule has 6 heteroatoms. The second kappa shape index (κ2) is 10.2. The second-order valence-electron chi connectivity index (χ2n) is 7.46. The molecule has 0 radical (unpaired) electrons. The van der Waals surface area contributed by atoms with Crippen molar-refractivity contribution in [3.8, 4) is 0 Å². The lowest BCUT2D eigenvalue weighted by Crippen LogP contribution is -2.35. The Bertz CT molecular complexity index is 795. The number of carbonyl (C=O) groups is 2. The van der Waals surface area contributed by atoms with Gasteiger partial charge in [-0.3, -0.25) is 9.59 Å². The van der Waals surface area contributed by atoms with E-state index >= 15 is 0 Å². The van der Waals surface area contributed by atoms with Gasteiger partial charge in [0.15, 0.2) is 0 Å². The monoisotopic (exact) mass is 386 g/mol. The molecule has 1 atom stereocenters. The highest BCUT2D eigenvalue weighted by molar-refractivity contribution is 5.82. The Morgan fingerprint density at radius 1 is 1.18 bits per heavy atom. The van der Waals surface area contributed by atoms with Gasteiger partial charge in [0.1, 0.15) is 12.4 Å². The van der Waals surface area contributed by atoms with Gasteiger partial charge in [-0.2, -0.15) is 0 Å². The SMILES string of the molecule is CCCCN(C)C(=O)Cn1c(C(C)NC(=O)C(CC)CC)nc2ccccc21. The van der Waals surface area contributed by atoms with Crippen LogP contribution >= 0.6 is 0 Å². The van der Waals surface area contributed by atoms with E-state index in [1.165, 1.54) is 0 Å². The van der Waals surface area contributed by atoms with Gasteiger partial charge in [-0.25, -0.2) is 4.98 Å². The highest BCUT2D eigenvalue weighted by Gasteiger charge is 2.23. The highest BCUT2D eigenvalue weighted by atomic mass is 16.2. The number of unbranched alkanes of at least 4 members (excludes halogenated alkanes) is 1. The molecule has 1 N–H and O–H groups in total. The summed E-state index contributed by atoms with van der Waals surface area (Å²) in [6.45, 7) is 9.07. The second-order valence-corrected chi connectivity index (χ2v) is 7.46. The molecule has 0 saturated carbocycles. The molecule has 0 aliphatic rings. The highest BCUT2D eigenvalue weighted by Crippen LogP contribution is 2.22. The van der Waals surface area contributed by atoms with Gasteiger partial charge in [0.25, 0.3) is 0 Å². The van der Waals surface area contributed by atoms with E-state index in [0.29, 0.717) is 0 Å². The van der Waals surface area contributed by atoms with Crippen molar-refractivity contribution >= 4 is 22.8 Å². The normalized spacial score (nSPS) is 12.4. The summed E-state index contributed by atoms with van der Waals surface area (Å²) in [6, 6.07) is 7.53. The fourth-order valence-electron chi connectivity index (χ4n) is 3.42. The number of para-hydroxylation sites is 2. The van der Waals surface area contributed by atoms with E-state index in [0.717, 1.165) is 49.1 Å². The van der Waals surface area contributed by atoms with Crippen molar-refractivity contribution in [1.29, 1.82) is 0 Å². The molecule has 0 aliphatic carbocycles. The van der Waals surface area contributed by atoms with Crippen LogP contribution in [0.4, 0.5) is 0 Å². The van der Waals surface area contributed by atoms with Gasteiger partial charge in [-0.1, -0.05) is 39.3 Å². The van der Waals surface area contributed by atoms with Crippen LogP contribution in [-0.2, 0) is 16.1 Å². The van der Waals surface area contributed by atoms with E-state index in [9.17, 15) is 9.59 Å². The van der Waals surface area contributed by atoms with Crippen molar-refractivity contribution in [2.45, 2.75) is 66.0 Å². The fourth-order valence-corrected chi connectivity index (χ4v) is 3.42. The van der Waals surface area contributed by atoms with Crippen molar-refractivity contribution in [3.05, 3.63) is 30.1 Å². The topological polar surface area (TPSA) is 67.2 Å². The van der Waals surface area contributed by atoms with Crippen molar-refractivity contribution in [2.24, 2.45) is 5.92 Å². The van der Waals surface area contributed by atoms with Gasteiger partial charge in [-0.05, 0) is 38.3 Å². The Labute approximate surface area is 168 Å². The molecule has 1 unspecified atom stereocenters. The summed E-state index contributed by atoms with van der Waals surface area (Å²) in [4.78, 5) is 31.8. The zero-order valence-corrected chi connectivity index (χ0v) is 17.9. The molecule has 2 amide bonds. The Morgan fingerprint density at radius 3 is 2.50 bits per heavy atom. The summed E-state index contributed by atoms with van der Waals surface area (Å²) in [5.41, 5.74) is 1.75. The average Bonchev–Trinajstić information content (AvgIpc) is 3.05. The van der Waals surface area contributed by atoms with Crippen LogP contribution in [0.2, 0.25) is 0 Å². The molecule has 1 aromatic carbocycles. The van der Waals surface area contributed by atoms with E-state index < -0.39 is 0 Å². The maximum absolute atomic E-state index is 12.7. The number of amides is 2. The fraction of sp³-hybridized carbons (Fsp3) is 0.591. The number of hydrogen-bond donors (Lipinski definition) is 1. The molecule has 0 saturated heterocycles. The van der Waals surface area contributed by atoms with Crippen molar-refractivity contribution in [1.82, 2.24) is 19.8 Å². The molecule has 2 rings (SSSR count). The molecule has 28 heavy (non-hydrogen) atoms. The zero-order valence-electron chi connectivity index (χ0n) is 17.9. The maximum atomic E-state index is 12.7. The molecule has 1 heterocycles. The van der Waals surface area contributed by atoms with E-state index in [1.807, 2.05) is 56.7 Å². The Kier molecular flexibility index (Phi) is 8.03. The third-order valence-electron chi connectivity index (χ3n) is 5.35. The third-order valence-corrected chi connectivity index (χ3v) is 5.35. The minimum absolute atomic E-state index is 0.00193. The third kappa shape index (κ3) is 5.12. The van der Waals surface area contributed by atoms with Crippen LogP contribution in [0.1, 0.15) is 65.2 Å². The number of imidazole rings is 1. The predicted octanol–water partition coefficient (Wildman–Crippen LogP) is 3.91. The van der Waals surface area contributed by atoms with Crippen LogP contribution in [0.25, 0.3) is 11.0 Å². The van der Waals surface area contributed by atoms with Gasteiger partial charge in [-0.15, -0.1) is 0 Å². The Hall–Kier alpha value is -2.37. The first-order chi connectivity index (χ1) is 13.4. The summed E-state index contributed by atoms with van der Waals surface area (Å²) in [6.07, 6.45) is 3.66. The Morgan fingerprint density at radius 2 is 1.86 bits per heavy atom. The number of hydrogen-bond acceptors (Lipinski definition) is 3. The number of likely N-dealkylation sites (N-methyl/N-ethyl adjacent to an activating group) is 1. The number of aromatic nitrogens is 2. The van der Waals surface area contributed by atoms with Gasteiger partial charge < -0.3 is 14.8 Å². The number of rotatable bonds is 10. The van der Waals surface area contributed by atoms with Crippen LogP contribution in [0.3, 0.4) is 0 Å². The van der Waals surface area contributed by atoms with Crippen LogP contribution in [-0.4, -0.2) is 39.9 Å². The van der Waals surface area contributed by atoms with E-state index in [-0.39, 0.29) is 30.3 Å². The van der Waals surface area contributed by atoms with E-state index in [2.05, 4.69) is 12.2 Å². The molecular weight excluding hydrogens is 352 g/mol. The summed E-state index contributed by atoms with van der Waals surface area (Å²) >= 11 is 0. The predicted molar refractivity (Wildman–Crippen MR) is 113 cm³/mol. The quantitative estimate of drug-likeness (QED) is 0.673. The number of carbonyl (C=O) groups excluding carboxylic acids is 2. The molecule has 0 spiro atoms. The molecule has 0 aliphatic heterocycles. The van der Waals surface area contributed by atoms with Crippen molar-refractivity contribution in [3.63, 3.8) is 0 Å². The minimum atomic E-state index is -0.269. The summed E-state index contributed by atoms with van der Waals surface area (Å²) in [5.74, 6) is 0.818. The number of nitrogens with one attached hydrogen (secondary N) is 1. The van der Waals surface area contributed by atoms with Crippen LogP contribution < -0.4 is 5.32 Å². The van der Waals surface area contributed by atoms with E-state index in [1.54, 1.807) is 4.90 Å². The van der Waals surface area contributed by atoms with Crippen LogP contribution in [0.15, 0.2) is 24.3 Å². The maximum Gasteiger partial charge on any atom is 0.242 e. The van der Waals surface area contributed by atoms with Crippen LogP contribution in [0, 0.1) is 5.92 Å². The number of benzene rings is 1. The smallest absolute Gasteiger partial charge is 0.242 e. The number of nitrogens with zero attached hydrogens (tertiary/aromatic N) is 3. The molecule has 2 aromatic rings. The van der Waals surface area contributed by atoms with Gasteiger partial charge >= 0.3 is 0 Å². The van der Waals surface area contributed by atoms with Gasteiger partial charge in [0.05, 0.1) is 17.1 Å². The lowest BCUT2D eigenvalue weighted by Gasteiger charge is -2.21. The molecule has 0 bridgehead atoms. The van der Waals surface area contributed by atoms with Crippen LogP contribution in [0.5, 0.6) is 0 Å². The average molecular weight is 387 g/mol. The molecule has 154 valence electrons. The minimum Gasteiger partial charge on any atom is -0.346 e. The number of fused-ring (bicyclic) bond motifs is 1. The lowest BCUT2D eigenvalue weighted by atomic mass is 10.0. The molecule has 0 fully saturated rings. The zero-order chi connectivity index (χ0) is 20.7. The van der Waals surface area contributed by atoms with Gasteiger partial charge in [0, 0.05) is 19.5 Å². The first-order valence-electron chi connectivity index (χ1n) is 10.4. The Balaban J connectivity index is 2.29. The van der Waals surface area contributed by atoms with Gasteiger partial charge in [0.2, 0.25) is 11.8 Å². The first kappa shape index (κ1) is 21.9. The molecular formula is C22H34N4O2. The standard InChI is InChI=1S/C22H34N4O2/c1-6-9-14-25(5)20(27)15-26-19-13-11-10-12-18(19)24-21(26)16(4)23-22(28)17(7-2)8-3/h10-13,16-17H,6-9,14-15H2,1-5H3,(H,23,28). The summed E-state index contributed by atoms with van der Waals surface area (Å²) in [5, 5.41) is 3.09. The van der Waals surface area contributed by atoms with Crippen molar-refractivity contribution in [2.75, 3.05) is 13.6 Å². The molecule has 1 aromatic heterocycles. The van der Waals surface area contributed by atoms with E-state index in [4.69, 9.17) is 4.98 Å². The largest absolute Gasteiger partial charge is 0.346 e. The molecule has 6 nitrogen and oxygen atoms in total. The summed E-state index contributed by atoms with van der Waals surface area (Å²) in [7, 11) is 1.84.